The number of imide groups is 1. The summed E-state index contributed by atoms with van der Waals surface area (Å²) in [7, 11) is 0. The molecule has 0 aromatic heterocycles. The molecule has 12 heteroatoms. The van der Waals surface area contributed by atoms with Crippen LogP contribution in [0.2, 0.25) is 0 Å². The second-order valence-electron chi connectivity index (χ2n) is 8.37. The summed E-state index contributed by atoms with van der Waals surface area (Å²) in [6.45, 7) is 1.99. The van der Waals surface area contributed by atoms with Crippen molar-refractivity contribution < 1.29 is 33.6 Å². The van der Waals surface area contributed by atoms with Crippen LogP contribution in [-0.2, 0) is 14.4 Å². The molecule has 2 heterocycles. The third-order valence-electron chi connectivity index (χ3n) is 6.19. The Labute approximate surface area is 218 Å². The van der Waals surface area contributed by atoms with E-state index in [9.17, 15) is 29.2 Å². The average molecular weight is 572 g/mol. The van der Waals surface area contributed by atoms with Crippen LogP contribution in [0.15, 0.2) is 65.1 Å². The zero-order valence-electron chi connectivity index (χ0n) is 19.2. The number of ether oxygens (including phenoxy) is 1. The third kappa shape index (κ3) is 4.17. The minimum absolute atomic E-state index is 0.140. The summed E-state index contributed by atoms with van der Waals surface area (Å²) in [6.07, 6.45) is -1.25. The van der Waals surface area contributed by atoms with Gasteiger partial charge in [-0.2, -0.15) is 0 Å². The molecule has 2 aliphatic heterocycles. The van der Waals surface area contributed by atoms with Crippen LogP contribution in [0.4, 0.5) is 21.5 Å². The molecular formula is C25H19BrFN3O7. The number of nitro benzene ring substituents is 1. The van der Waals surface area contributed by atoms with E-state index in [1.807, 2.05) is 0 Å². The number of benzene rings is 3. The van der Waals surface area contributed by atoms with Gasteiger partial charge in [-0.3, -0.25) is 24.5 Å². The van der Waals surface area contributed by atoms with Crippen molar-refractivity contribution >= 4 is 44.8 Å². The van der Waals surface area contributed by atoms with Gasteiger partial charge in [-0.05, 0) is 70.9 Å². The number of aromatic hydroxyl groups is 1. The summed E-state index contributed by atoms with van der Waals surface area (Å²) in [5, 5.41) is 23.1. The van der Waals surface area contributed by atoms with Gasteiger partial charge in [-0.25, -0.2) is 14.4 Å². The number of anilines is 2. The van der Waals surface area contributed by atoms with Crippen molar-refractivity contribution in [3.8, 4) is 11.5 Å². The molecule has 0 spiro atoms. The number of nitrogens with zero attached hydrogens (tertiary/aromatic N) is 3. The number of hydrogen-bond acceptors (Lipinski definition) is 8. The van der Waals surface area contributed by atoms with Crippen LogP contribution in [0.25, 0.3) is 0 Å². The lowest BCUT2D eigenvalue weighted by atomic mass is 9.90. The van der Waals surface area contributed by atoms with Gasteiger partial charge in [0.2, 0.25) is 5.91 Å². The first-order chi connectivity index (χ1) is 17.7. The van der Waals surface area contributed by atoms with Gasteiger partial charge < -0.3 is 9.84 Å². The predicted molar refractivity (Wildman–Crippen MR) is 133 cm³/mol. The highest BCUT2D eigenvalue weighted by Crippen LogP contribution is 2.50. The lowest BCUT2D eigenvalue weighted by molar-refractivity contribution is -0.384. The lowest BCUT2D eigenvalue weighted by Gasteiger charge is -2.29. The number of hydrogen-bond donors (Lipinski definition) is 1. The Bertz CT molecular complexity index is 1420. The zero-order valence-corrected chi connectivity index (χ0v) is 20.8. The van der Waals surface area contributed by atoms with E-state index >= 15 is 0 Å². The summed E-state index contributed by atoms with van der Waals surface area (Å²) >= 11 is 3.30. The second kappa shape index (κ2) is 9.45. The Morgan fingerprint density at radius 1 is 1.11 bits per heavy atom. The number of non-ortho nitro benzene ring substituents is 1. The first kappa shape index (κ1) is 24.7. The molecule has 190 valence electrons. The molecule has 5 rings (SSSR count). The van der Waals surface area contributed by atoms with E-state index in [4.69, 9.17) is 9.57 Å². The van der Waals surface area contributed by atoms with Gasteiger partial charge in [0.05, 0.1) is 33.4 Å². The van der Waals surface area contributed by atoms with Gasteiger partial charge in [0.25, 0.3) is 11.6 Å². The van der Waals surface area contributed by atoms with Crippen molar-refractivity contribution in [3.63, 3.8) is 0 Å². The standard InChI is InChI=1S/C25H19BrFN3O7/c1-2-36-19-11-13(10-18(26)22(19)31)21-20-23(37-29(21)16-4-3-5-17(12-16)30(34)35)25(33)28(24(20)32)15-8-6-14(27)7-9-15/h3-12,20-21,23,31H,2H2,1H3/t20-,21+,23-/m0/s1. The van der Waals surface area contributed by atoms with E-state index < -0.39 is 40.6 Å². The van der Waals surface area contributed by atoms with Crippen LogP contribution in [0.3, 0.4) is 0 Å². The number of hydroxylamine groups is 1. The molecule has 3 aromatic carbocycles. The predicted octanol–water partition coefficient (Wildman–Crippen LogP) is 4.65. The molecule has 2 fully saturated rings. The van der Waals surface area contributed by atoms with Crippen molar-refractivity contribution in [1.82, 2.24) is 0 Å². The number of halogens is 2. The SMILES string of the molecule is CCOc1cc([C@@H]2[C@@H]3C(=O)N(c4ccc(F)cc4)C(=O)[C@H]3ON2c2cccc([N+](=O)[O-])c2)cc(Br)c1O. The molecule has 0 unspecified atom stereocenters. The smallest absolute Gasteiger partial charge is 0.271 e. The number of rotatable bonds is 6. The van der Waals surface area contributed by atoms with Crippen LogP contribution in [-0.4, -0.2) is 34.6 Å². The molecule has 2 amide bonds. The summed E-state index contributed by atoms with van der Waals surface area (Å²) in [4.78, 5) is 44.9. The fourth-order valence-corrected chi connectivity index (χ4v) is 5.06. The van der Waals surface area contributed by atoms with Crippen molar-refractivity contribution in [1.29, 1.82) is 0 Å². The van der Waals surface area contributed by atoms with E-state index in [1.54, 1.807) is 19.1 Å². The highest BCUT2D eigenvalue weighted by molar-refractivity contribution is 9.10. The van der Waals surface area contributed by atoms with Gasteiger partial charge in [-0.15, -0.1) is 0 Å². The topological polar surface area (TPSA) is 122 Å². The third-order valence-corrected chi connectivity index (χ3v) is 6.79. The summed E-state index contributed by atoms with van der Waals surface area (Å²) in [5.41, 5.74) is 0.695. The minimum Gasteiger partial charge on any atom is -0.503 e. The zero-order chi connectivity index (χ0) is 26.4. The second-order valence-corrected chi connectivity index (χ2v) is 9.22. The molecule has 0 radical (unpaired) electrons. The first-order valence-corrected chi connectivity index (χ1v) is 12.0. The van der Waals surface area contributed by atoms with Crippen molar-refractivity contribution in [2.24, 2.45) is 5.92 Å². The normalized spacial score (nSPS) is 20.9. The Morgan fingerprint density at radius 2 is 1.84 bits per heavy atom. The van der Waals surface area contributed by atoms with Gasteiger partial charge in [0.1, 0.15) is 11.7 Å². The molecule has 10 nitrogen and oxygen atoms in total. The number of phenolic OH excluding ortho intramolecular Hbond substituents is 1. The van der Waals surface area contributed by atoms with Crippen LogP contribution in [0, 0.1) is 21.8 Å². The minimum atomic E-state index is -1.25. The van der Waals surface area contributed by atoms with E-state index in [0.29, 0.717) is 5.56 Å². The van der Waals surface area contributed by atoms with Crippen LogP contribution < -0.4 is 14.7 Å². The maximum absolute atomic E-state index is 13.7. The summed E-state index contributed by atoms with van der Waals surface area (Å²) < 4.78 is 19.3. The van der Waals surface area contributed by atoms with Gasteiger partial charge >= 0.3 is 0 Å². The van der Waals surface area contributed by atoms with E-state index in [-0.39, 0.29) is 39.6 Å². The molecule has 3 aromatic rings. The molecule has 3 atom stereocenters. The Morgan fingerprint density at radius 3 is 2.51 bits per heavy atom. The largest absolute Gasteiger partial charge is 0.503 e. The van der Waals surface area contributed by atoms with Gasteiger partial charge in [0, 0.05) is 12.1 Å². The first-order valence-electron chi connectivity index (χ1n) is 11.2. The van der Waals surface area contributed by atoms with Crippen molar-refractivity contribution in [2.45, 2.75) is 19.1 Å². The number of fused-ring (bicyclic) bond motifs is 1. The average Bonchev–Trinajstić information content (AvgIpc) is 3.38. The summed E-state index contributed by atoms with van der Waals surface area (Å²) in [5.74, 6) is -2.82. The molecule has 2 aliphatic rings. The number of phenols is 1. The van der Waals surface area contributed by atoms with Gasteiger partial charge in [0.15, 0.2) is 17.6 Å². The maximum atomic E-state index is 13.7. The van der Waals surface area contributed by atoms with Crippen LogP contribution in [0.1, 0.15) is 18.5 Å². The number of carbonyl (C=O) groups excluding carboxylic acids is 2. The van der Waals surface area contributed by atoms with Gasteiger partial charge in [-0.1, -0.05) is 6.07 Å². The highest BCUT2D eigenvalue weighted by Gasteiger charge is 2.60. The highest BCUT2D eigenvalue weighted by atomic mass is 79.9. The monoisotopic (exact) mass is 571 g/mol. The number of nitro groups is 1. The molecule has 37 heavy (non-hydrogen) atoms. The Balaban J connectivity index is 1.64. The Hall–Kier alpha value is -4.03. The Kier molecular flexibility index (Phi) is 6.30. The molecule has 0 bridgehead atoms. The molecule has 2 saturated heterocycles. The fraction of sp³-hybridized carbons (Fsp3) is 0.200. The molecule has 0 aliphatic carbocycles. The van der Waals surface area contributed by atoms with E-state index in [1.165, 1.54) is 41.5 Å². The quantitative estimate of drug-likeness (QED) is 0.257. The lowest BCUT2D eigenvalue weighted by Crippen LogP contribution is -2.37. The van der Waals surface area contributed by atoms with E-state index in [0.717, 1.165) is 17.0 Å². The molecule has 0 saturated carbocycles. The number of carbonyl (C=O) groups is 2. The molecule has 1 N–H and O–H groups in total. The van der Waals surface area contributed by atoms with Crippen LogP contribution >= 0.6 is 15.9 Å². The van der Waals surface area contributed by atoms with Crippen LogP contribution in [0.5, 0.6) is 11.5 Å². The maximum Gasteiger partial charge on any atom is 0.271 e. The fourth-order valence-electron chi connectivity index (χ4n) is 4.60. The van der Waals surface area contributed by atoms with Crippen molar-refractivity contribution in [3.05, 3.63) is 86.6 Å². The molecular weight excluding hydrogens is 553 g/mol. The van der Waals surface area contributed by atoms with E-state index in [2.05, 4.69) is 15.9 Å². The number of amides is 2. The van der Waals surface area contributed by atoms with Crippen molar-refractivity contribution in [2.75, 3.05) is 16.6 Å². The summed E-state index contributed by atoms with van der Waals surface area (Å²) in [6, 6.07) is 12.7.